The molecule has 0 spiro atoms. The summed E-state index contributed by atoms with van der Waals surface area (Å²) in [5, 5.41) is 3.36. The molecule has 0 radical (unpaired) electrons. The lowest BCUT2D eigenvalue weighted by Crippen LogP contribution is -2.14. The average Bonchev–Trinajstić information content (AvgIpc) is 2.20. The monoisotopic (exact) mass is 228 g/mol. The third-order valence-electron chi connectivity index (χ3n) is 1.80. The molecule has 0 fully saturated rings. The van der Waals surface area contributed by atoms with Crippen LogP contribution in [0.4, 0.5) is 17.1 Å². The zero-order valence-corrected chi connectivity index (χ0v) is 9.36. The number of nitrogens with one attached hydrogen (secondary N) is 1. The van der Waals surface area contributed by atoms with E-state index in [1.807, 2.05) is 0 Å². The number of hydrogen-bond acceptors (Lipinski definition) is 6. The standard InChI is InChI=1S/C8H13N4O2P/c1-12-2-3(15)7-5(10)4(9)6(11)8(13)14-7/h2,12H,9-11,15H2,1H3/b3-2-. The summed E-state index contributed by atoms with van der Waals surface area (Å²) >= 11 is 0. The Labute approximate surface area is 88.7 Å². The molecule has 1 aromatic rings. The van der Waals surface area contributed by atoms with Gasteiger partial charge in [-0.1, -0.05) is 9.24 Å². The van der Waals surface area contributed by atoms with Gasteiger partial charge in [-0.2, -0.15) is 0 Å². The maximum Gasteiger partial charge on any atom is 0.361 e. The molecule has 0 saturated carbocycles. The molecule has 82 valence electrons. The first-order valence-electron chi connectivity index (χ1n) is 4.09. The van der Waals surface area contributed by atoms with Gasteiger partial charge in [-0.15, -0.1) is 0 Å². The molecule has 1 unspecified atom stereocenters. The minimum absolute atomic E-state index is 0.0469. The highest BCUT2D eigenvalue weighted by Gasteiger charge is 2.14. The molecule has 0 aromatic carbocycles. The normalized spacial score (nSPS) is 11.5. The van der Waals surface area contributed by atoms with Crippen LogP contribution >= 0.6 is 9.24 Å². The second-order valence-electron chi connectivity index (χ2n) is 2.85. The molecule has 7 N–H and O–H groups in total. The first kappa shape index (κ1) is 11.4. The number of hydrogen-bond donors (Lipinski definition) is 4. The van der Waals surface area contributed by atoms with Crippen LogP contribution < -0.4 is 28.1 Å². The van der Waals surface area contributed by atoms with Crippen LogP contribution in [0.1, 0.15) is 5.76 Å². The lowest BCUT2D eigenvalue weighted by molar-refractivity contribution is 0.506. The molecular weight excluding hydrogens is 215 g/mol. The molecule has 1 atom stereocenters. The minimum atomic E-state index is -0.693. The van der Waals surface area contributed by atoms with Crippen LogP contribution in [-0.2, 0) is 0 Å². The Bertz CT molecular complexity index is 466. The molecule has 0 aliphatic carbocycles. The molecule has 15 heavy (non-hydrogen) atoms. The Morgan fingerprint density at radius 1 is 1.33 bits per heavy atom. The number of anilines is 3. The van der Waals surface area contributed by atoms with Gasteiger partial charge in [0.05, 0.1) is 5.69 Å². The van der Waals surface area contributed by atoms with Gasteiger partial charge in [0.15, 0.2) is 5.76 Å². The molecule has 1 rings (SSSR count). The molecule has 1 aromatic heterocycles. The summed E-state index contributed by atoms with van der Waals surface area (Å²) in [6.07, 6.45) is 1.61. The lowest BCUT2D eigenvalue weighted by Gasteiger charge is -2.08. The summed E-state index contributed by atoms with van der Waals surface area (Å²) in [6.45, 7) is 0. The largest absolute Gasteiger partial charge is 0.419 e. The van der Waals surface area contributed by atoms with Crippen molar-refractivity contribution in [3.05, 3.63) is 22.4 Å². The van der Waals surface area contributed by atoms with Gasteiger partial charge in [-0.3, -0.25) is 0 Å². The molecule has 7 heteroatoms. The first-order chi connectivity index (χ1) is 6.99. The fourth-order valence-corrected chi connectivity index (χ4v) is 1.40. The molecule has 0 amide bonds. The topological polar surface area (TPSA) is 120 Å². The summed E-state index contributed by atoms with van der Waals surface area (Å²) in [7, 11) is 4.09. The van der Waals surface area contributed by atoms with Crippen LogP contribution in [0.5, 0.6) is 0 Å². The van der Waals surface area contributed by atoms with Gasteiger partial charge in [0, 0.05) is 18.6 Å². The van der Waals surface area contributed by atoms with E-state index in [-0.39, 0.29) is 22.8 Å². The second kappa shape index (κ2) is 4.23. The van der Waals surface area contributed by atoms with Gasteiger partial charge in [-0.05, 0) is 0 Å². The first-order valence-corrected chi connectivity index (χ1v) is 4.67. The highest BCUT2D eigenvalue weighted by atomic mass is 31.0. The van der Waals surface area contributed by atoms with Crippen LogP contribution in [-0.4, -0.2) is 7.05 Å². The summed E-state index contributed by atoms with van der Waals surface area (Å²) in [5.74, 6) is 0.200. The summed E-state index contributed by atoms with van der Waals surface area (Å²) in [6, 6.07) is 0. The minimum Gasteiger partial charge on any atom is -0.419 e. The van der Waals surface area contributed by atoms with Crippen LogP contribution in [0.2, 0.25) is 0 Å². The van der Waals surface area contributed by atoms with Gasteiger partial charge in [0.2, 0.25) is 0 Å². The van der Waals surface area contributed by atoms with Crippen LogP contribution in [0.3, 0.4) is 0 Å². The molecule has 0 aliphatic rings. The van der Waals surface area contributed by atoms with Gasteiger partial charge in [0.25, 0.3) is 0 Å². The Morgan fingerprint density at radius 2 is 1.93 bits per heavy atom. The Morgan fingerprint density at radius 3 is 2.47 bits per heavy atom. The van der Waals surface area contributed by atoms with Crippen molar-refractivity contribution in [3.63, 3.8) is 0 Å². The van der Waals surface area contributed by atoms with Gasteiger partial charge < -0.3 is 26.9 Å². The Kier molecular flexibility index (Phi) is 3.21. The van der Waals surface area contributed by atoms with Crippen molar-refractivity contribution in [1.29, 1.82) is 0 Å². The van der Waals surface area contributed by atoms with E-state index in [1.54, 1.807) is 13.2 Å². The predicted molar refractivity (Wildman–Crippen MR) is 65.0 cm³/mol. The van der Waals surface area contributed by atoms with Crippen molar-refractivity contribution in [1.82, 2.24) is 5.32 Å². The van der Waals surface area contributed by atoms with Crippen molar-refractivity contribution < 1.29 is 4.42 Å². The fourth-order valence-electron chi connectivity index (χ4n) is 1.02. The quantitative estimate of drug-likeness (QED) is 0.519. The Hall–Kier alpha value is -1.68. The predicted octanol–water partition coefficient (Wildman–Crippen LogP) is -0.221. The van der Waals surface area contributed by atoms with Crippen molar-refractivity contribution in [2.24, 2.45) is 0 Å². The van der Waals surface area contributed by atoms with Gasteiger partial charge in [-0.25, -0.2) is 4.79 Å². The van der Waals surface area contributed by atoms with E-state index in [1.165, 1.54) is 0 Å². The SMILES string of the molecule is CN/C=C(\P)c1oc(=O)c(N)c(N)c1N. The van der Waals surface area contributed by atoms with Crippen molar-refractivity contribution in [2.75, 3.05) is 24.2 Å². The van der Waals surface area contributed by atoms with E-state index in [4.69, 9.17) is 21.6 Å². The van der Waals surface area contributed by atoms with E-state index >= 15 is 0 Å². The van der Waals surface area contributed by atoms with E-state index < -0.39 is 5.63 Å². The molecule has 6 nitrogen and oxygen atoms in total. The zero-order valence-electron chi connectivity index (χ0n) is 8.20. The fraction of sp³-hybridized carbons (Fsp3) is 0.125. The molecule has 1 heterocycles. The molecular formula is C8H13N4O2P. The van der Waals surface area contributed by atoms with E-state index in [9.17, 15) is 4.79 Å². The van der Waals surface area contributed by atoms with E-state index in [2.05, 4.69) is 14.6 Å². The second-order valence-corrected chi connectivity index (χ2v) is 3.47. The maximum absolute atomic E-state index is 11.2. The van der Waals surface area contributed by atoms with Crippen molar-refractivity contribution >= 4 is 31.6 Å². The summed E-state index contributed by atoms with van der Waals surface area (Å²) < 4.78 is 4.92. The van der Waals surface area contributed by atoms with Gasteiger partial charge >= 0.3 is 5.63 Å². The lowest BCUT2D eigenvalue weighted by atomic mass is 10.2. The average molecular weight is 228 g/mol. The van der Waals surface area contributed by atoms with E-state index in [0.717, 1.165) is 0 Å². The van der Waals surface area contributed by atoms with Crippen molar-refractivity contribution in [2.45, 2.75) is 0 Å². The number of nitrogens with two attached hydrogens (primary N) is 3. The van der Waals surface area contributed by atoms with Crippen LogP contribution in [0.15, 0.2) is 15.4 Å². The maximum atomic E-state index is 11.2. The summed E-state index contributed by atoms with van der Waals surface area (Å²) in [5.41, 5.74) is 15.9. The summed E-state index contributed by atoms with van der Waals surface area (Å²) in [4.78, 5) is 11.2. The highest BCUT2D eigenvalue weighted by molar-refractivity contribution is 7.31. The van der Waals surface area contributed by atoms with Gasteiger partial charge in [0.1, 0.15) is 11.4 Å². The third-order valence-corrected chi connectivity index (χ3v) is 2.23. The molecule has 0 saturated heterocycles. The third kappa shape index (κ3) is 2.05. The highest BCUT2D eigenvalue weighted by Crippen LogP contribution is 2.31. The molecule has 0 bridgehead atoms. The van der Waals surface area contributed by atoms with Crippen LogP contribution in [0.25, 0.3) is 5.31 Å². The number of nitrogen functional groups attached to an aromatic ring is 3. The number of rotatable bonds is 2. The zero-order chi connectivity index (χ0) is 11.6. The van der Waals surface area contributed by atoms with E-state index in [0.29, 0.717) is 5.31 Å². The smallest absolute Gasteiger partial charge is 0.361 e. The van der Waals surface area contributed by atoms with Crippen LogP contribution in [0, 0.1) is 0 Å². The molecule has 0 aliphatic heterocycles. The van der Waals surface area contributed by atoms with Crippen molar-refractivity contribution in [3.8, 4) is 0 Å². The Balaban J connectivity index is 3.46.